The molecule has 0 aliphatic rings. The lowest BCUT2D eigenvalue weighted by molar-refractivity contribution is 0.414. The Morgan fingerprint density at radius 2 is 1.95 bits per heavy atom. The number of nitrogen functional groups attached to an aromatic ring is 1. The molecule has 0 atom stereocenters. The number of aromatic nitrogens is 4. The summed E-state index contributed by atoms with van der Waals surface area (Å²) in [6, 6.07) is 9.88. The summed E-state index contributed by atoms with van der Waals surface area (Å²) in [5, 5.41) is 4.38. The summed E-state index contributed by atoms with van der Waals surface area (Å²) in [5.74, 6) is 2.43. The Kier molecular flexibility index (Phi) is 3.82. The van der Waals surface area contributed by atoms with Crippen LogP contribution in [0.2, 0.25) is 0 Å². The van der Waals surface area contributed by atoms with Crippen LogP contribution in [-0.2, 0) is 13.1 Å². The zero-order chi connectivity index (χ0) is 15.5. The van der Waals surface area contributed by atoms with Crippen LogP contribution in [0.4, 0.5) is 5.82 Å². The van der Waals surface area contributed by atoms with Gasteiger partial charge in [0.25, 0.3) is 0 Å². The van der Waals surface area contributed by atoms with Gasteiger partial charge in [-0.05, 0) is 24.6 Å². The average molecular weight is 297 g/mol. The molecule has 0 unspecified atom stereocenters. The molecule has 2 heterocycles. The van der Waals surface area contributed by atoms with Crippen LogP contribution in [0, 0.1) is 6.92 Å². The second-order valence-electron chi connectivity index (χ2n) is 5.19. The van der Waals surface area contributed by atoms with E-state index in [0.29, 0.717) is 12.4 Å². The summed E-state index contributed by atoms with van der Waals surface area (Å²) < 4.78 is 9.04. The summed E-state index contributed by atoms with van der Waals surface area (Å²) in [5.41, 5.74) is 8.04. The number of aryl methyl sites for hydroxylation is 1. The molecule has 0 amide bonds. The van der Waals surface area contributed by atoms with Crippen LogP contribution in [0.3, 0.4) is 0 Å². The predicted octanol–water partition coefficient (Wildman–Crippen LogP) is 2.08. The van der Waals surface area contributed by atoms with Gasteiger partial charge in [0.2, 0.25) is 0 Å². The zero-order valence-corrected chi connectivity index (χ0v) is 12.7. The van der Waals surface area contributed by atoms with Crippen LogP contribution in [0.5, 0.6) is 5.75 Å². The fraction of sp³-hybridized carbons (Fsp3) is 0.250. The van der Waals surface area contributed by atoms with E-state index in [1.54, 1.807) is 18.0 Å². The number of nitrogens with two attached hydrogens (primary N) is 1. The minimum atomic E-state index is 0.558. The van der Waals surface area contributed by atoms with Gasteiger partial charge in [0.1, 0.15) is 23.9 Å². The number of methoxy groups -OCH3 is 1. The van der Waals surface area contributed by atoms with Crippen molar-refractivity contribution < 1.29 is 4.74 Å². The highest BCUT2D eigenvalue weighted by Crippen LogP contribution is 2.14. The van der Waals surface area contributed by atoms with Gasteiger partial charge in [0, 0.05) is 25.0 Å². The maximum Gasteiger partial charge on any atom is 0.130 e. The average Bonchev–Trinajstić information content (AvgIpc) is 3.07. The van der Waals surface area contributed by atoms with Crippen molar-refractivity contribution in [2.75, 3.05) is 12.8 Å². The van der Waals surface area contributed by atoms with E-state index in [-0.39, 0.29) is 0 Å². The summed E-state index contributed by atoms with van der Waals surface area (Å²) in [7, 11) is 1.67. The second-order valence-corrected chi connectivity index (χ2v) is 5.19. The van der Waals surface area contributed by atoms with E-state index in [9.17, 15) is 0 Å². The molecule has 0 saturated carbocycles. The van der Waals surface area contributed by atoms with Crippen molar-refractivity contribution in [1.29, 1.82) is 0 Å². The summed E-state index contributed by atoms with van der Waals surface area (Å²) in [4.78, 5) is 4.41. The molecule has 0 fully saturated rings. The van der Waals surface area contributed by atoms with E-state index in [1.165, 1.54) is 5.56 Å². The predicted molar refractivity (Wildman–Crippen MR) is 84.8 cm³/mol. The van der Waals surface area contributed by atoms with Crippen molar-refractivity contribution in [3.63, 3.8) is 0 Å². The number of hydrogen-bond acceptors (Lipinski definition) is 4. The molecule has 3 aromatic rings. The Labute approximate surface area is 129 Å². The molecule has 0 aliphatic heterocycles. The highest BCUT2D eigenvalue weighted by Gasteiger charge is 2.08. The third-order valence-corrected chi connectivity index (χ3v) is 3.54. The van der Waals surface area contributed by atoms with Crippen molar-refractivity contribution in [3.05, 3.63) is 59.8 Å². The smallest absolute Gasteiger partial charge is 0.130 e. The molecule has 2 N–H and O–H groups in total. The number of benzene rings is 1. The topological polar surface area (TPSA) is 70.9 Å². The van der Waals surface area contributed by atoms with E-state index in [1.807, 2.05) is 31.3 Å². The Morgan fingerprint density at radius 3 is 2.59 bits per heavy atom. The lowest BCUT2D eigenvalue weighted by Crippen LogP contribution is -2.12. The van der Waals surface area contributed by atoms with E-state index in [2.05, 4.69) is 26.8 Å². The van der Waals surface area contributed by atoms with E-state index in [0.717, 1.165) is 23.8 Å². The van der Waals surface area contributed by atoms with Gasteiger partial charge in [0.05, 0.1) is 12.8 Å². The van der Waals surface area contributed by atoms with E-state index >= 15 is 0 Å². The fourth-order valence-electron chi connectivity index (χ4n) is 2.39. The maximum atomic E-state index is 5.94. The molecule has 6 nitrogen and oxygen atoms in total. The second kappa shape index (κ2) is 5.93. The molecule has 22 heavy (non-hydrogen) atoms. The molecule has 0 spiro atoms. The minimum absolute atomic E-state index is 0.558. The molecule has 114 valence electrons. The molecular weight excluding hydrogens is 278 g/mol. The quantitative estimate of drug-likeness (QED) is 0.782. The molecule has 0 radical (unpaired) electrons. The van der Waals surface area contributed by atoms with Crippen molar-refractivity contribution in [2.24, 2.45) is 0 Å². The van der Waals surface area contributed by atoms with Crippen molar-refractivity contribution >= 4 is 5.82 Å². The van der Waals surface area contributed by atoms with Crippen molar-refractivity contribution in [1.82, 2.24) is 19.3 Å². The third-order valence-electron chi connectivity index (χ3n) is 3.54. The first-order chi connectivity index (χ1) is 10.7. The summed E-state index contributed by atoms with van der Waals surface area (Å²) in [6.45, 7) is 3.24. The Hall–Kier alpha value is -2.76. The minimum Gasteiger partial charge on any atom is -0.497 e. The Bertz CT molecular complexity index is 757. The van der Waals surface area contributed by atoms with Crippen LogP contribution in [0.15, 0.2) is 42.7 Å². The van der Waals surface area contributed by atoms with Gasteiger partial charge < -0.3 is 15.0 Å². The summed E-state index contributed by atoms with van der Waals surface area (Å²) in [6.07, 6.45) is 3.76. The first kappa shape index (κ1) is 14.2. The molecule has 1 aromatic carbocycles. The highest BCUT2D eigenvalue weighted by atomic mass is 16.5. The maximum absolute atomic E-state index is 5.94. The largest absolute Gasteiger partial charge is 0.497 e. The Balaban J connectivity index is 1.78. The van der Waals surface area contributed by atoms with Crippen LogP contribution in [0.25, 0.3) is 0 Å². The van der Waals surface area contributed by atoms with Gasteiger partial charge in [-0.2, -0.15) is 5.10 Å². The lowest BCUT2D eigenvalue weighted by Gasteiger charge is -2.09. The molecule has 3 rings (SSSR count). The summed E-state index contributed by atoms with van der Waals surface area (Å²) >= 11 is 0. The SMILES string of the molecule is COc1ccc(Cn2ccnc2Cn2nc(C)cc2N)cc1. The number of anilines is 1. The van der Waals surface area contributed by atoms with Crippen LogP contribution < -0.4 is 10.5 Å². The monoisotopic (exact) mass is 297 g/mol. The first-order valence-corrected chi connectivity index (χ1v) is 7.08. The van der Waals surface area contributed by atoms with Crippen LogP contribution in [-0.4, -0.2) is 26.4 Å². The normalized spacial score (nSPS) is 10.8. The van der Waals surface area contributed by atoms with Gasteiger partial charge in [-0.25, -0.2) is 9.67 Å². The van der Waals surface area contributed by atoms with Gasteiger partial charge in [-0.3, -0.25) is 0 Å². The fourth-order valence-corrected chi connectivity index (χ4v) is 2.39. The van der Waals surface area contributed by atoms with Gasteiger partial charge >= 0.3 is 0 Å². The van der Waals surface area contributed by atoms with Gasteiger partial charge in [-0.15, -0.1) is 0 Å². The zero-order valence-electron chi connectivity index (χ0n) is 12.7. The standard InChI is InChI=1S/C16H19N5O/c1-12-9-15(17)21(19-12)11-16-18-7-8-20(16)10-13-3-5-14(22-2)6-4-13/h3-9H,10-11,17H2,1-2H3. The molecule has 6 heteroatoms. The molecule has 0 bridgehead atoms. The Morgan fingerprint density at radius 1 is 1.18 bits per heavy atom. The first-order valence-electron chi connectivity index (χ1n) is 7.08. The highest BCUT2D eigenvalue weighted by molar-refractivity contribution is 5.31. The molecule has 0 saturated heterocycles. The number of rotatable bonds is 5. The van der Waals surface area contributed by atoms with Crippen LogP contribution in [0.1, 0.15) is 17.1 Å². The lowest BCUT2D eigenvalue weighted by atomic mass is 10.2. The number of imidazole rings is 1. The van der Waals surface area contributed by atoms with Crippen molar-refractivity contribution in [2.45, 2.75) is 20.0 Å². The van der Waals surface area contributed by atoms with Crippen molar-refractivity contribution in [3.8, 4) is 5.75 Å². The number of ether oxygens (including phenoxy) is 1. The third kappa shape index (κ3) is 2.95. The van der Waals surface area contributed by atoms with Gasteiger partial charge in [0.15, 0.2) is 0 Å². The number of hydrogen-bond donors (Lipinski definition) is 1. The molecular formula is C16H19N5O. The molecule has 0 aliphatic carbocycles. The number of nitrogens with zero attached hydrogens (tertiary/aromatic N) is 4. The van der Waals surface area contributed by atoms with E-state index < -0.39 is 0 Å². The van der Waals surface area contributed by atoms with Gasteiger partial charge in [-0.1, -0.05) is 12.1 Å². The van der Waals surface area contributed by atoms with E-state index in [4.69, 9.17) is 10.5 Å². The molecule has 2 aromatic heterocycles. The van der Waals surface area contributed by atoms with Crippen LogP contribution >= 0.6 is 0 Å².